The largest absolute Gasteiger partial charge is 0.490 e. The number of benzene rings is 3. The molecule has 1 heterocycles. The number of anilines is 1. The van der Waals surface area contributed by atoms with Crippen molar-refractivity contribution in [3.05, 3.63) is 85.2 Å². The Kier molecular flexibility index (Phi) is 6.84. The average molecular weight is 493 g/mol. The molecule has 0 atom stereocenters. The lowest BCUT2D eigenvalue weighted by Crippen LogP contribution is -2.04. The molecule has 0 bridgehead atoms. The number of rotatable bonds is 8. The Balaban J connectivity index is 1.51. The fraction of sp³-hybridized carbons (Fsp3) is 0.174. The van der Waals surface area contributed by atoms with Crippen LogP contribution in [0.25, 0.3) is 11.0 Å². The molecule has 0 fully saturated rings. The van der Waals surface area contributed by atoms with Gasteiger partial charge in [-0.05, 0) is 48.9 Å². The van der Waals surface area contributed by atoms with Gasteiger partial charge in [0.15, 0.2) is 11.5 Å². The lowest BCUT2D eigenvalue weighted by Gasteiger charge is -2.16. The molecule has 1 aromatic heterocycles. The maximum atomic E-state index is 11.4. The second kappa shape index (κ2) is 9.77. The molecular weight excluding hydrogens is 473 g/mol. The van der Waals surface area contributed by atoms with Crippen LogP contribution in [0.15, 0.2) is 53.3 Å². The standard InChI is InChI=1S/C23H20Cl3N3O3/c1-2-31-21-7-14(11-27-16-5-6-19-20(9-16)29-23(30)28-19)18(26)10-22(21)32-12-13-3-4-15(24)8-17(13)25/h3-10,27H,2,11-12H2,1H3,(H2,28,29,30). The van der Waals surface area contributed by atoms with Crippen LogP contribution in [0.2, 0.25) is 15.1 Å². The highest BCUT2D eigenvalue weighted by atomic mass is 35.5. The van der Waals surface area contributed by atoms with E-state index < -0.39 is 0 Å². The molecule has 0 saturated carbocycles. The molecule has 0 amide bonds. The van der Waals surface area contributed by atoms with E-state index in [0.29, 0.717) is 39.7 Å². The Labute approximate surface area is 199 Å². The first kappa shape index (κ1) is 22.4. The lowest BCUT2D eigenvalue weighted by molar-refractivity contribution is 0.269. The van der Waals surface area contributed by atoms with Crippen LogP contribution in [0.3, 0.4) is 0 Å². The second-order valence-corrected chi connectivity index (χ2v) is 8.29. The zero-order valence-electron chi connectivity index (χ0n) is 17.1. The fourth-order valence-electron chi connectivity index (χ4n) is 3.23. The van der Waals surface area contributed by atoms with Crippen LogP contribution in [-0.2, 0) is 13.2 Å². The summed E-state index contributed by atoms with van der Waals surface area (Å²) in [5, 5.41) is 4.95. The first-order valence-electron chi connectivity index (χ1n) is 9.91. The fourth-order valence-corrected chi connectivity index (χ4v) is 3.91. The van der Waals surface area contributed by atoms with Gasteiger partial charge in [0.1, 0.15) is 6.61 Å². The van der Waals surface area contributed by atoms with E-state index in [1.807, 2.05) is 37.3 Å². The summed E-state index contributed by atoms with van der Waals surface area (Å²) in [5.74, 6) is 1.11. The Morgan fingerprint density at radius 2 is 1.59 bits per heavy atom. The number of hydrogen-bond acceptors (Lipinski definition) is 4. The zero-order valence-corrected chi connectivity index (χ0v) is 19.4. The van der Waals surface area contributed by atoms with Gasteiger partial charge < -0.3 is 24.8 Å². The third-order valence-corrected chi connectivity index (χ3v) is 5.75. The van der Waals surface area contributed by atoms with Crippen molar-refractivity contribution >= 4 is 51.5 Å². The van der Waals surface area contributed by atoms with Gasteiger partial charge in [-0.1, -0.05) is 40.9 Å². The van der Waals surface area contributed by atoms with Crippen molar-refractivity contribution in [2.45, 2.75) is 20.1 Å². The molecule has 0 saturated heterocycles. The number of halogens is 3. The predicted molar refractivity (Wildman–Crippen MR) is 130 cm³/mol. The quantitative estimate of drug-likeness (QED) is 0.266. The normalized spacial score (nSPS) is 11.0. The predicted octanol–water partition coefficient (Wildman–Crippen LogP) is 6.41. The summed E-state index contributed by atoms with van der Waals surface area (Å²) in [6, 6.07) is 14.4. The van der Waals surface area contributed by atoms with Gasteiger partial charge in [-0.15, -0.1) is 0 Å². The van der Waals surface area contributed by atoms with Crippen LogP contribution in [0.5, 0.6) is 11.5 Å². The molecule has 0 spiro atoms. The van der Waals surface area contributed by atoms with Gasteiger partial charge >= 0.3 is 5.69 Å². The zero-order chi connectivity index (χ0) is 22.7. The highest BCUT2D eigenvalue weighted by molar-refractivity contribution is 6.35. The molecule has 6 nitrogen and oxygen atoms in total. The number of hydrogen-bond donors (Lipinski definition) is 3. The molecule has 4 aromatic rings. The summed E-state index contributed by atoms with van der Waals surface area (Å²) in [4.78, 5) is 16.9. The van der Waals surface area contributed by atoms with Crippen molar-refractivity contribution in [3.63, 3.8) is 0 Å². The molecule has 0 unspecified atom stereocenters. The maximum Gasteiger partial charge on any atom is 0.323 e. The third-order valence-electron chi connectivity index (χ3n) is 4.81. The van der Waals surface area contributed by atoms with Gasteiger partial charge in [0.05, 0.1) is 17.6 Å². The highest BCUT2D eigenvalue weighted by Gasteiger charge is 2.13. The topological polar surface area (TPSA) is 79.1 Å². The number of aromatic nitrogens is 2. The van der Waals surface area contributed by atoms with Gasteiger partial charge in [0, 0.05) is 38.9 Å². The molecule has 0 radical (unpaired) electrons. The molecular formula is C23H20Cl3N3O3. The van der Waals surface area contributed by atoms with E-state index in [0.717, 1.165) is 27.8 Å². The second-order valence-electron chi connectivity index (χ2n) is 7.04. The molecule has 166 valence electrons. The summed E-state index contributed by atoms with van der Waals surface area (Å²) >= 11 is 18.7. The molecule has 0 aliphatic rings. The number of aromatic amines is 2. The van der Waals surface area contributed by atoms with E-state index in [4.69, 9.17) is 44.3 Å². The minimum absolute atomic E-state index is 0.239. The van der Waals surface area contributed by atoms with Crippen LogP contribution in [0.1, 0.15) is 18.1 Å². The average Bonchev–Trinajstić information content (AvgIpc) is 3.13. The van der Waals surface area contributed by atoms with Gasteiger partial charge in [-0.2, -0.15) is 0 Å². The number of ether oxygens (including phenoxy) is 2. The first-order valence-corrected chi connectivity index (χ1v) is 11.0. The molecule has 32 heavy (non-hydrogen) atoms. The Morgan fingerprint density at radius 1 is 0.844 bits per heavy atom. The van der Waals surface area contributed by atoms with E-state index in [-0.39, 0.29) is 12.3 Å². The molecule has 3 aromatic carbocycles. The van der Waals surface area contributed by atoms with Crippen LogP contribution in [0.4, 0.5) is 5.69 Å². The Morgan fingerprint density at radius 3 is 2.38 bits per heavy atom. The minimum Gasteiger partial charge on any atom is -0.490 e. The molecule has 0 aliphatic carbocycles. The summed E-state index contributed by atoms with van der Waals surface area (Å²) in [6.45, 7) is 3.09. The number of nitrogens with one attached hydrogen (secondary N) is 3. The van der Waals surface area contributed by atoms with Crippen molar-refractivity contribution in [3.8, 4) is 11.5 Å². The number of fused-ring (bicyclic) bond motifs is 1. The Bertz CT molecular complexity index is 1320. The molecule has 3 N–H and O–H groups in total. The SMILES string of the molecule is CCOc1cc(CNc2ccc3[nH]c(=O)[nH]c3c2)c(Cl)cc1OCc1ccc(Cl)cc1Cl. The van der Waals surface area contributed by atoms with Gasteiger partial charge in [0.2, 0.25) is 0 Å². The summed E-state index contributed by atoms with van der Waals surface area (Å²) in [5.41, 5.74) is 3.73. The summed E-state index contributed by atoms with van der Waals surface area (Å²) < 4.78 is 11.7. The summed E-state index contributed by atoms with van der Waals surface area (Å²) in [6.07, 6.45) is 0. The minimum atomic E-state index is -0.239. The van der Waals surface area contributed by atoms with E-state index >= 15 is 0 Å². The number of imidazole rings is 1. The molecule has 4 rings (SSSR count). The third kappa shape index (κ3) is 5.15. The Hall–Kier alpha value is -2.80. The first-order chi connectivity index (χ1) is 15.4. The summed E-state index contributed by atoms with van der Waals surface area (Å²) in [7, 11) is 0. The molecule has 9 heteroatoms. The van der Waals surface area contributed by atoms with Crippen molar-refractivity contribution in [2.75, 3.05) is 11.9 Å². The van der Waals surface area contributed by atoms with Crippen LogP contribution < -0.4 is 20.5 Å². The van der Waals surface area contributed by atoms with Crippen molar-refractivity contribution in [1.82, 2.24) is 9.97 Å². The highest BCUT2D eigenvalue weighted by Crippen LogP contribution is 2.35. The van der Waals surface area contributed by atoms with E-state index in [1.54, 1.807) is 18.2 Å². The van der Waals surface area contributed by atoms with E-state index in [9.17, 15) is 4.79 Å². The van der Waals surface area contributed by atoms with Crippen LogP contribution >= 0.6 is 34.8 Å². The molecule has 0 aliphatic heterocycles. The lowest BCUT2D eigenvalue weighted by atomic mass is 10.1. The monoisotopic (exact) mass is 491 g/mol. The smallest absolute Gasteiger partial charge is 0.323 e. The van der Waals surface area contributed by atoms with Gasteiger partial charge in [0.25, 0.3) is 0 Å². The van der Waals surface area contributed by atoms with E-state index in [1.165, 1.54) is 0 Å². The van der Waals surface area contributed by atoms with Crippen molar-refractivity contribution < 1.29 is 9.47 Å². The van der Waals surface area contributed by atoms with E-state index in [2.05, 4.69) is 15.3 Å². The van der Waals surface area contributed by atoms with Gasteiger partial charge in [-0.3, -0.25) is 0 Å². The van der Waals surface area contributed by atoms with Crippen molar-refractivity contribution in [1.29, 1.82) is 0 Å². The van der Waals surface area contributed by atoms with Crippen molar-refractivity contribution in [2.24, 2.45) is 0 Å². The van der Waals surface area contributed by atoms with Crippen LogP contribution in [0, 0.1) is 0 Å². The number of H-pyrrole nitrogens is 2. The maximum absolute atomic E-state index is 11.4. The van der Waals surface area contributed by atoms with Gasteiger partial charge in [-0.25, -0.2) is 4.79 Å². The van der Waals surface area contributed by atoms with Crippen LogP contribution in [-0.4, -0.2) is 16.6 Å².